The van der Waals surface area contributed by atoms with E-state index >= 15 is 0 Å². The molecule has 0 saturated heterocycles. The summed E-state index contributed by atoms with van der Waals surface area (Å²) in [5.41, 5.74) is 3.68. The molecule has 22 heteroatoms. The fourth-order valence-corrected chi connectivity index (χ4v) is 3.89. The number of nitrogens with one attached hydrogen (secondary N) is 2. The molecule has 2 rings (SSSR count). The van der Waals surface area contributed by atoms with Gasteiger partial charge in [-0.3, -0.25) is 4.90 Å². The minimum Gasteiger partial charge on any atom is -0.870 e. The van der Waals surface area contributed by atoms with Crippen molar-refractivity contribution in [2.45, 2.75) is 26.9 Å². The average molecular weight is 858 g/mol. The van der Waals surface area contributed by atoms with Gasteiger partial charge in [-0.05, 0) is 44.2 Å². The number of quaternary nitrogens is 2. The van der Waals surface area contributed by atoms with Crippen molar-refractivity contribution >= 4 is 0 Å². The first-order valence-electron chi connectivity index (χ1n) is 13.7. The van der Waals surface area contributed by atoms with Crippen molar-refractivity contribution in [3.63, 3.8) is 0 Å². The zero-order valence-electron chi connectivity index (χ0n) is 28.9. The summed E-state index contributed by atoms with van der Waals surface area (Å²) < 4.78 is 10.4. The van der Waals surface area contributed by atoms with E-state index < -0.39 is 15.3 Å². The van der Waals surface area contributed by atoms with Gasteiger partial charge >= 0.3 is 38.2 Å². The van der Waals surface area contributed by atoms with Gasteiger partial charge in [0.25, 0.3) is 0 Å². The zero-order valence-corrected chi connectivity index (χ0v) is 30.9. The standard InChI is InChI=1S/C25H39N3O4.2CH4O.Dy.3NO3/c1-18-12-20(24(29)22(14-18)31-6)16-27(4)10-8-26(3)9-11-28(5)17-21-13-19(2)15-23(32-7)25(21)30;2*1-2;;3*2-1(3)4/h12-15,29-30H,8-11,16-17H2,1-7H3;2*2H,1H3;;;;/q;;;+3;3*-1. The molecule has 2 atom stereocenters. The molecule has 0 spiro atoms. The number of aryl methyl sites for hydroxylation is 2. The summed E-state index contributed by atoms with van der Waals surface area (Å²) in [6.07, 6.45) is 0. The number of aliphatic hydroxyl groups is 2. The third kappa shape index (κ3) is 31.3. The van der Waals surface area contributed by atoms with Gasteiger partial charge in [0.15, 0.2) is 0 Å². The Morgan fingerprint density at radius 3 is 1.12 bits per heavy atom. The Balaban J connectivity index is -0.000000320. The number of hydrogen-bond donors (Lipinski definition) is 4. The van der Waals surface area contributed by atoms with Gasteiger partial charge in [0.1, 0.15) is 24.6 Å². The number of methoxy groups -OCH3 is 2. The second kappa shape index (κ2) is 32.8. The van der Waals surface area contributed by atoms with Crippen molar-refractivity contribution in [3.05, 3.63) is 92.5 Å². The van der Waals surface area contributed by atoms with Crippen LogP contribution in [0.2, 0.25) is 0 Å². The van der Waals surface area contributed by atoms with Gasteiger partial charge in [-0.1, -0.05) is 23.6 Å². The fraction of sp³-hybridized carbons (Fsp3) is 0.556. The van der Waals surface area contributed by atoms with E-state index in [9.17, 15) is 10.2 Å². The fourth-order valence-electron chi connectivity index (χ4n) is 3.89. The van der Waals surface area contributed by atoms with Crippen LogP contribution >= 0.6 is 0 Å². The maximum absolute atomic E-state index is 12.5. The van der Waals surface area contributed by atoms with Crippen LogP contribution in [0.3, 0.4) is 0 Å². The van der Waals surface area contributed by atoms with Crippen molar-refractivity contribution in [2.24, 2.45) is 0 Å². The van der Waals surface area contributed by atoms with Gasteiger partial charge in [0, 0.05) is 38.4 Å². The number of nitrogens with zero attached hydrogens (tertiary/aromatic N) is 4. The molecule has 21 nitrogen and oxygen atoms in total. The Hall–Kier alpha value is -3.69. The first-order valence-corrected chi connectivity index (χ1v) is 13.7. The Kier molecular flexibility index (Phi) is 36.7. The summed E-state index contributed by atoms with van der Waals surface area (Å²) in [7, 11) is 11.4. The molecule has 285 valence electrons. The molecule has 0 fully saturated rings. The van der Waals surface area contributed by atoms with E-state index in [1.807, 2.05) is 26.0 Å². The molecule has 2 aromatic rings. The molecule has 0 aromatic heterocycles. The molecule has 0 aliphatic rings. The molecule has 0 saturated carbocycles. The second-order valence-electron chi connectivity index (χ2n) is 9.65. The topological polar surface area (TPSA) is 316 Å². The summed E-state index contributed by atoms with van der Waals surface area (Å²) in [6.45, 7) is 9.06. The van der Waals surface area contributed by atoms with E-state index in [1.165, 1.54) is 24.0 Å². The summed E-state index contributed by atoms with van der Waals surface area (Å²) in [6, 6.07) is 7.49. The normalized spacial score (nSPS) is 10.4. The molecule has 2 unspecified atom stereocenters. The maximum atomic E-state index is 12.5. The molecule has 49 heavy (non-hydrogen) atoms. The van der Waals surface area contributed by atoms with E-state index in [1.54, 1.807) is 12.1 Å². The SMILES string of the molecule is CO.CO.COc1cc(C)cc(C[NH+](C)CCN(C)CC[NH+](C)Cc2cc(C)cc(OC)c2[O-])c1[O-].O=[N+]([O-])[O-].O=[N+]([O-])[O-].O=[N+]([O-])[O-].[Dy+3]. The molecule has 1 radical (unpaired) electrons. The van der Waals surface area contributed by atoms with Crippen molar-refractivity contribution in [1.29, 1.82) is 0 Å². The van der Waals surface area contributed by atoms with Crippen LogP contribution in [0.5, 0.6) is 23.0 Å². The number of benzene rings is 2. The Bertz CT molecular complexity index is 1090. The largest absolute Gasteiger partial charge is 3.00 e. The molecule has 0 heterocycles. The van der Waals surface area contributed by atoms with Crippen LogP contribution in [-0.4, -0.2) is 106 Å². The van der Waals surface area contributed by atoms with Gasteiger partial charge < -0.3 is 85.7 Å². The van der Waals surface area contributed by atoms with E-state index in [-0.39, 0.29) is 49.7 Å². The molecule has 4 N–H and O–H groups in total. The van der Waals surface area contributed by atoms with E-state index in [0.717, 1.165) is 62.7 Å². The molecule has 0 aliphatic carbocycles. The number of ether oxygens (including phenoxy) is 2. The summed E-state index contributed by atoms with van der Waals surface area (Å²) >= 11 is 0. The molecule has 0 amide bonds. The number of aliphatic hydroxyl groups excluding tert-OH is 2. The second-order valence-corrected chi connectivity index (χ2v) is 9.65. The van der Waals surface area contributed by atoms with Crippen LogP contribution in [0.15, 0.2) is 24.3 Å². The van der Waals surface area contributed by atoms with E-state index in [4.69, 9.17) is 65.7 Å². The van der Waals surface area contributed by atoms with Gasteiger partial charge in [0.05, 0.1) is 56.7 Å². The third-order valence-electron chi connectivity index (χ3n) is 5.82. The number of hydrogen-bond acceptors (Lipinski definition) is 16. The Morgan fingerprint density at radius 1 is 0.653 bits per heavy atom. The quantitative estimate of drug-likeness (QED) is 0.128. The number of likely N-dealkylation sites (N-methyl/N-ethyl adjacent to an activating group) is 3. The first kappa shape index (κ1) is 54.8. The first-order chi connectivity index (χ1) is 22.3. The summed E-state index contributed by atoms with van der Waals surface area (Å²) in [5.74, 6) is 0.815. The van der Waals surface area contributed by atoms with E-state index in [2.05, 4.69) is 26.0 Å². The maximum Gasteiger partial charge on any atom is 3.00 e. The van der Waals surface area contributed by atoms with E-state index in [0.29, 0.717) is 24.6 Å². The van der Waals surface area contributed by atoms with Gasteiger partial charge in [0.2, 0.25) is 0 Å². The smallest absolute Gasteiger partial charge is 0.870 e. The zero-order chi connectivity index (χ0) is 38.6. The molecule has 2 aromatic carbocycles. The van der Waals surface area contributed by atoms with Crippen LogP contribution in [-0.2, 0) is 13.1 Å². The number of rotatable bonds is 12. The van der Waals surface area contributed by atoms with Crippen LogP contribution in [0.4, 0.5) is 0 Å². The van der Waals surface area contributed by atoms with Crippen molar-refractivity contribution < 1.29 is 93.1 Å². The van der Waals surface area contributed by atoms with Gasteiger partial charge in [-0.15, -0.1) is 0 Å². The van der Waals surface area contributed by atoms with Crippen molar-refractivity contribution in [2.75, 3.05) is 75.8 Å². The summed E-state index contributed by atoms with van der Waals surface area (Å²) in [4.78, 5) is 29.6. The Labute approximate surface area is 314 Å². The predicted molar refractivity (Wildman–Crippen MR) is 170 cm³/mol. The predicted octanol–water partition coefficient (Wildman–Crippen LogP) is -2.37. The van der Waals surface area contributed by atoms with Gasteiger partial charge in [-0.2, -0.15) is 0 Å². The molecular formula is C27H47DyN6O15. The molecular weight excluding hydrogens is 811 g/mol. The minimum absolute atomic E-state index is 0. The van der Waals surface area contributed by atoms with Crippen molar-refractivity contribution in [1.82, 2.24) is 4.90 Å². The minimum atomic E-state index is -1.75. The third-order valence-corrected chi connectivity index (χ3v) is 5.82. The average Bonchev–Trinajstić information content (AvgIpc) is 2.99. The van der Waals surface area contributed by atoms with Crippen LogP contribution in [0, 0.1) is 98.0 Å². The molecule has 0 aliphatic heterocycles. The van der Waals surface area contributed by atoms with Gasteiger partial charge in [-0.25, -0.2) is 0 Å². The Morgan fingerprint density at radius 2 is 0.898 bits per heavy atom. The molecule has 0 bridgehead atoms. The van der Waals surface area contributed by atoms with Crippen LogP contribution < -0.4 is 29.5 Å². The van der Waals surface area contributed by atoms with Crippen LogP contribution in [0.1, 0.15) is 22.3 Å². The van der Waals surface area contributed by atoms with Crippen LogP contribution in [0.25, 0.3) is 0 Å². The monoisotopic (exact) mass is 859 g/mol. The summed E-state index contributed by atoms with van der Waals surface area (Å²) in [5, 5.41) is 83.2. The van der Waals surface area contributed by atoms with Crippen molar-refractivity contribution in [3.8, 4) is 23.0 Å².